The van der Waals surface area contributed by atoms with E-state index in [0.29, 0.717) is 23.5 Å². The van der Waals surface area contributed by atoms with Gasteiger partial charge >= 0.3 is 5.97 Å². The maximum absolute atomic E-state index is 13.0. The van der Waals surface area contributed by atoms with E-state index >= 15 is 0 Å². The van der Waals surface area contributed by atoms with E-state index in [1.165, 1.54) is 23.5 Å². The number of carbonyl (C=O) groups is 2. The van der Waals surface area contributed by atoms with Gasteiger partial charge in [-0.05, 0) is 30.5 Å². The van der Waals surface area contributed by atoms with Crippen LogP contribution in [-0.4, -0.2) is 40.0 Å². The molecule has 1 aromatic heterocycles. The van der Waals surface area contributed by atoms with Crippen LogP contribution in [0.15, 0.2) is 24.3 Å². The van der Waals surface area contributed by atoms with E-state index < -0.39 is 11.9 Å². The van der Waals surface area contributed by atoms with Gasteiger partial charge in [0.05, 0.1) is 16.6 Å². The van der Waals surface area contributed by atoms with Crippen molar-refractivity contribution in [2.24, 2.45) is 11.8 Å². The van der Waals surface area contributed by atoms with Gasteiger partial charge in [-0.2, -0.15) is 0 Å². The summed E-state index contributed by atoms with van der Waals surface area (Å²) >= 11 is 1.32. The Bertz CT molecular complexity index is 803. The average molecular weight is 362 g/mol. The lowest BCUT2D eigenvalue weighted by molar-refractivity contribution is -0.142. The summed E-state index contributed by atoms with van der Waals surface area (Å²) in [6.45, 7) is 4.32. The van der Waals surface area contributed by atoms with Crippen LogP contribution in [0.5, 0.6) is 0 Å². The summed E-state index contributed by atoms with van der Waals surface area (Å²) < 4.78 is 13.0. The Kier molecular flexibility index (Phi) is 4.85. The minimum absolute atomic E-state index is 0.0617. The number of hydrogen-bond donors (Lipinski definition) is 1. The van der Waals surface area contributed by atoms with Gasteiger partial charge < -0.3 is 10.0 Å². The van der Waals surface area contributed by atoms with Crippen LogP contribution in [0.2, 0.25) is 0 Å². The van der Waals surface area contributed by atoms with Gasteiger partial charge in [0.25, 0.3) is 5.91 Å². The average Bonchev–Trinajstić information content (AvgIpc) is 3.12. The molecule has 1 saturated heterocycles. The van der Waals surface area contributed by atoms with Crippen molar-refractivity contribution in [3.05, 3.63) is 51.2 Å². The smallest absolute Gasteiger partial charge is 0.308 e. The van der Waals surface area contributed by atoms with E-state index in [-0.39, 0.29) is 24.2 Å². The van der Waals surface area contributed by atoms with Gasteiger partial charge in [-0.15, -0.1) is 11.3 Å². The van der Waals surface area contributed by atoms with Crippen molar-refractivity contribution in [3.63, 3.8) is 0 Å². The van der Waals surface area contributed by atoms with Crippen LogP contribution in [0, 0.1) is 24.6 Å². The Morgan fingerprint density at radius 1 is 1.32 bits per heavy atom. The van der Waals surface area contributed by atoms with Crippen molar-refractivity contribution in [1.29, 1.82) is 0 Å². The number of carboxylic acid groups (broad SMARTS) is 1. The van der Waals surface area contributed by atoms with Crippen LogP contribution in [0.4, 0.5) is 4.39 Å². The zero-order chi connectivity index (χ0) is 18.1. The van der Waals surface area contributed by atoms with Gasteiger partial charge in [0.15, 0.2) is 0 Å². The molecule has 1 N–H and O–H groups in total. The second-order valence-electron chi connectivity index (χ2n) is 6.46. The van der Waals surface area contributed by atoms with Gasteiger partial charge in [0.1, 0.15) is 10.7 Å². The minimum atomic E-state index is -0.860. The molecule has 3 rings (SSSR count). The highest BCUT2D eigenvalue weighted by Gasteiger charge is 2.38. The Hall–Kier alpha value is -2.28. The molecule has 0 spiro atoms. The summed E-state index contributed by atoms with van der Waals surface area (Å²) in [6.07, 6.45) is 0.535. The molecule has 1 aromatic carbocycles. The van der Waals surface area contributed by atoms with Crippen LogP contribution in [0.3, 0.4) is 0 Å². The molecular weight excluding hydrogens is 343 g/mol. The molecule has 5 nitrogen and oxygen atoms in total. The second-order valence-corrected chi connectivity index (χ2v) is 7.54. The van der Waals surface area contributed by atoms with Gasteiger partial charge in [0.2, 0.25) is 0 Å². The normalized spacial score (nSPS) is 20.0. The van der Waals surface area contributed by atoms with Crippen LogP contribution in [-0.2, 0) is 11.2 Å². The van der Waals surface area contributed by atoms with Crippen molar-refractivity contribution < 1.29 is 19.1 Å². The molecule has 0 saturated carbocycles. The number of aromatic nitrogens is 1. The molecule has 1 fully saturated rings. The fourth-order valence-corrected chi connectivity index (χ4v) is 4.17. The largest absolute Gasteiger partial charge is 0.481 e. The summed E-state index contributed by atoms with van der Waals surface area (Å²) in [7, 11) is 0. The molecule has 0 unspecified atom stereocenters. The van der Waals surface area contributed by atoms with Crippen LogP contribution in [0.25, 0.3) is 0 Å². The first kappa shape index (κ1) is 17.5. The number of benzene rings is 1. The first-order chi connectivity index (χ1) is 11.8. The number of rotatable bonds is 4. The number of aliphatic carboxylic acids is 1. The Morgan fingerprint density at radius 3 is 2.60 bits per heavy atom. The highest BCUT2D eigenvalue weighted by molar-refractivity contribution is 7.13. The summed E-state index contributed by atoms with van der Waals surface area (Å²) in [6, 6.07) is 6.21. The van der Waals surface area contributed by atoms with Crippen molar-refractivity contribution >= 4 is 23.2 Å². The van der Waals surface area contributed by atoms with E-state index in [0.717, 1.165) is 10.6 Å². The van der Waals surface area contributed by atoms with E-state index in [4.69, 9.17) is 0 Å². The molecule has 2 atom stereocenters. The molecule has 2 aromatic rings. The minimum Gasteiger partial charge on any atom is -0.481 e. The lowest BCUT2D eigenvalue weighted by Crippen LogP contribution is -2.29. The number of nitrogens with zero attached hydrogens (tertiary/aromatic N) is 2. The zero-order valence-corrected chi connectivity index (χ0v) is 14.8. The van der Waals surface area contributed by atoms with Gasteiger partial charge in [0, 0.05) is 19.5 Å². The lowest BCUT2D eigenvalue weighted by Gasteiger charge is -2.14. The highest BCUT2D eigenvalue weighted by Crippen LogP contribution is 2.28. The molecule has 1 amide bonds. The number of aryl methyl sites for hydroxylation is 1. The quantitative estimate of drug-likeness (QED) is 0.908. The Morgan fingerprint density at radius 2 is 2.00 bits per heavy atom. The number of halogens is 1. The molecule has 0 bridgehead atoms. The Labute approximate surface area is 149 Å². The van der Waals surface area contributed by atoms with Crippen LogP contribution >= 0.6 is 11.3 Å². The summed E-state index contributed by atoms with van der Waals surface area (Å²) in [5.74, 6) is -1.88. The molecule has 0 aliphatic carbocycles. The Balaban J connectivity index is 1.75. The molecule has 132 valence electrons. The fraction of sp³-hybridized carbons (Fsp3) is 0.389. The lowest BCUT2D eigenvalue weighted by atomic mass is 9.99. The van der Waals surface area contributed by atoms with Crippen LogP contribution in [0.1, 0.15) is 32.9 Å². The number of likely N-dealkylation sites (tertiary alicyclic amines) is 1. The number of hydrogen-bond acceptors (Lipinski definition) is 4. The number of carboxylic acids is 1. The number of thiazole rings is 1. The summed E-state index contributed by atoms with van der Waals surface area (Å²) in [4.78, 5) is 30.6. The first-order valence-electron chi connectivity index (χ1n) is 8.08. The zero-order valence-electron chi connectivity index (χ0n) is 14.0. The van der Waals surface area contributed by atoms with E-state index in [1.807, 2.05) is 6.92 Å². The first-order valence-corrected chi connectivity index (χ1v) is 8.89. The third-order valence-corrected chi connectivity index (χ3v) is 5.67. The SMILES string of the molecule is Cc1nc(Cc2ccc(F)cc2)sc1C(=O)N1C[C@@H](C)[C@H](C(=O)O)C1. The van der Waals surface area contributed by atoms with Gasteiger partial charge in [-0.1, -0.05) is 19.1 Å². The predicted octanol–water partition coefficient (Wildman–Crippen LogP) is 2.97. The highest BCUT2D eigenvalue weighted by atomic mass is 32.1. The number of carbonyl (C=O) groups excluding carboxylic acids is 1. The molecule has 2 heterocycles. The molecule has 7 heteroatoms. The van der Waals surface area contributed by atoms with Crippen molar-refractivity contribution in [2.45, 2.75) is 20.3 Å². The van der Waals surface area contributed by atoms with E-state index in [1.54, 1.807) is 24.0 Å². The molecule has 25 heavy (non-hydrogen) atoms. The molecule has 0 radical (unpaired) electrons. The summed E-state index contributed by atoms with van der Waals surface area (Å²) in [5, 5.41) is 10.0. The van der Waals surface area contributed by atoms with Crippen LogP contribution < -0.4 is 0 Å². The van der Waals surface area contributed by atoms with E-state index in [2.05, 4.69) is 4.98 Å². The monoisotopic (exact) mass is 362 g/mol. The van der Waals surface area contributed by atoms with Crippen molar-refractivity contribution in [3.8, 4) is 0 Å². The maximum Gasteiger partial charge on any atom is 0.308 e. The van der Waals surface area contributed by atoms with Crippen molar-refractivity contribution in [1.82, 2.24) is 9.88 Å². The third kappa shape index (κ3) is 3.71. The number of amides is 1. The predicted molar refractivity (Wildman–Crippen MR) is 92.3 cm³/mol. The maximum atomic E-state index is 13.0. The third-order valence-electron chi connectivity index (χ3n) is 4.52. The second kappa shape index (κ2) is 6.92. The molecule has 1 aliphatic rings. The topological polar surface area (TPSA) is 70.5 Å². The summed E-state index contributed by atoms with van der Waals surface area (Å²) in [5.41, 5.74) is 1.58. The standard InChI is InChI=1S/C18H19FN2O3S/c1-10-8-21(9-14(10)18(23)24)17(22)16-11(2)20-15(25-16)7-12-3-5-13(19)6-4-12/h3-6,10,14H,7-9H2,1-2H3,(H,23,24)/t10-,14-/m1/s1. The fourth-order valence-electron chi connectivity index (χ4n) is 3.10. The van der Waals surface area contributed by atoms with E-state index in [9.17, 15) is 19.1 Å². The van der Waals surface area contributed by atoms with Crippen molar-refractivity contribution in [2.75, 3.05) is 13.1 Å². The van der Waals surface area contributed by atoms with Gasteiger partial charge in [-0.25, -0.2) is 9.37 Å². The molecule has 1 aliphatic heterocycles. The molecular formula is C18H19FN2O3S. The van der Waals surface area contributed by atoms with Gasteiger partial charge in [-0.3, -0.25) is 9.59 Å².